The Morgan fingerprint density at radius 3 is 2.53 bits per heavy atom. The molecule has 0 spiro atoms. The van der Waals surface area contributed by atoms with E-state index in [4.69, 9.17) is 14.7 Å². The molecule has 2 heterocycles. The second-order valence-corrected chi connectivity index (χ2v) is 9.89. The molecular formula is C28H37N3O7. The first-order valence-corrected chi connectivity index (χ1v) is 13.2. The summed E-state index contributed by atoms with van der Waals surface area (Å²) in [5, 5.41) is 30.6. The monoisotopic (exact) mass is 527 g/mol. The van der Waals surface area contributed by atoms with Crippen molar-refractivity contribution in [1.29, 1.82) is 0 Å². The van der Waals surface area contributed by atoms with Crippen LogP contribution in [0.4, 0.5) is 5.69 Å². The van der Waals surface area contributed by atoms with Gasteiger partial charge in [-0.3, -0.25) is 19.7 Å². The van der Waals surface area contributed by atoms with Crippen molar-refractivity contribution < 1.29 is 34.5 Å². The van der Waals surface area contributed by atoms with Crippen molar-refractivity contribution in [3.8, 4) is 0 Å². The number of nitrogens with one attached hydrogen (secondary N) is 2. The quantitative estimate of drug-likeness (QED) is 0.222. The summed E-state index contributed by atoms with van der Waals surface area (Å²) in [5.41, 5.74) is 4.75. The molecule has 2 fully saturated rings. The Morgan fingerprint density at radius 1 is 1.00 bits per heavy atom. The van der Waals surface area contributed by atoms with Crippen molar-refractivity contribution in [2.24, 2.45) is 0 Å². The number of hydrogen-bond donors (Lipinski definition) is 5. The molecule has 2 saturated heterocycles. The third-order valence-corrected chi connectivity index (χ3v) is 7.14. The molecule has 4 atom stereocenters. The lowest BCUT2D eigenvalue weighted by molar-refractivity contribution is -0.253. The summed E-state index contributed by atoms with van der Waals surface area (Å²) in [7, 11) is 0. The average molecular weight is 528 g/mol. The number of nitrogens with zero attached hydrogens (tertiary/aromatic N) is 1. The van der Waals surface area contributed by atoms with E-state index >= 15 is 0 Å². The Labute approximate surface area is 222 Å². The molecular weight excluding hydrogens is 490 g/mol. The van der Waals surface area contributed by atoms with Crippen LogP contribution in [-0.2, 0) is 25.7 Å². The van der Waals surface area contributed by atoms with Crippen LogP contribution in [0, 0.1) is 0 Å². The van der Waals surface area contributed by atoms with Crippen LogP contribution in [0.15, 0.2) is 48.5 Å². The first kappa shape index (κ1) is 28.2. The van der Waals surface area contributed by atoms with Gasteiger partial charge in [0.2, 0.25) is 11.8 Å². The zero-order valence-electron chi connectivity index (χ0n) is 21.4. The number of hydroxylamine groups is 1. The van der Waals surface area contributed by atoms with Gasteiger partial charge in [0, 0.05) is 43.1 Å². The van der Waals surface area contributed by atoms with E-state index in [1.807, 2.05) is 42.5 Å². The first-order valence-electron chi connectivity index (χ1n) is 13.2. The van der Waals surface area contributed by atoms with E-state index in [2.05, 4.69) is 10.2 Å². The van der Waals surface area contributed by atoms with Crippen LogP contribution < -0.4 is 10.8 Å². The number of carbonyl (C=O) groups is 2. The van der Waals surface area contributed by atoms with Gasteiger partial charge in [-0.15, -0.1) is 0 Å². The van der Waals surface area contributed by atoms with Crippen molar-refractivity contribution in [2.75, 3.05) is 25.0 Å². The van der Waals surface area contributed by atoms with E-state index in [0.29, 0.717) is 25.1 Å². The topological polar surface area (TPSA) is 141 Å². The molecule has 2 aromatic rings. The normalized spacial score (nSPS) is 23.8. The Bertz CT molecular complexity index is 1060. The maximum absolute atomic E-state index is 12.4. The minimum absolute atomic E-state index is 0.0230. The predicted molar refractivity (Wildman–Crippen MR) is 139 cm³/mol. The number of anilines is 1. The summed E-state index contributed by atoms with van der Waals surface area (Å²) in [6.07, 6.45) is 2.19. The van der Waals surface area contributed by atoms with Crippen LogP contribution in [-0.4, -0.2) is 64.0 Å². The molecule has 10 nitrogen and oxygen atoms in total. The zero-order chi connectivity index (χ0) is 26.9. The number of rotatable bonds is 11. The number of aliphatic hydroxyl groups is 2. The Hall–Kier alpha value is -2.86. The number of aliphatic hydroxyl groups excluding tert-OH is 2. The lowest BCUT2D eigenvalue weighted by Crippen LogP contribution is -2.42. The number of amides is 2. The third-order valence-electron chi connectivity index (χ3n) is 7.14. The predicted octanol–water partition coefficient (Wildman–Crippen LogP) is 2.80. The number of ether oxygens (including phenoxy) is 2. The van der Waals surface area contributed by atoms with E-state index in [9.17, 15) is 19.8 Å². The van der Waals surface area contributed by atoms with Crippen molar-refractivity contribution in [2.45, 2.75) is 69.7 Å². The average Bonchev–Trinajstić information content (AvgIpc) is 3.40. The lowest BCUT2D eigenvalue weighted by Gasteiger charge is -2.38. The first-order chi connectivity index (χ1) is 18.5. The molecule has 206 valence electrons. The van der Waals surface area contributed by atoms with Crippen molar-refractivity contribution in [3.05, 3.63) is 65.2 Å². The van der Waals surface area contributed by atoms with Crippen LogP contribution in [0.25, 0.3) is 0 Å². The Balaban J connectivity index is 1.47. The molecule has 0 aromatic heterocycles. The van der Waals surface area contributed by atoms with Crippen LogP contribution in [0.3, 0.4) is 0 Å². The highest BCUT2D eigenvalue weighted by molar-refractivity contribution is 5.91. The highest BCUT2D eigenvalue weighted by Crippen LogP contribution is 2.39. The van der Waals surface area contributed by atoms with Gasteiger partial charge in [0.1, 0.15) is 0 Å². The molecule has 2 aliphatic rings. The van der Waals surface area contributed by atoms with Gasteiger partial charge in [0.25, 0.3) is 0 Å². The van der Waals surface area contributed by atoms with Gasteiger partial charge >= 0.3 is 0 Å². The molecule has 0 radical (unpaired) electrons. The van der Waals surface area contributed by atoms with Gasteiger partial charge in [-0.1, -0.05) is 36.4 Å². The van der Waals surface area contributed by atoms with Crippen LogP contribution in [0.2, 0.25) is 0 Å². The van der Waals surface area contributed by atoms with Crippen LogP contribution in [0.5, 0.6) is 0 Å². The van der Waals surface area contributed by atoms with Gasteiger partial charge in [0.05, 0.1) is 25.4 Å². The van der Waals surface area contributed by atoms with E-state index in [0.717, 1.165) is 36.1 Å². The fraction of sp³-hybridized carbons (Fsp3) is 0.500. The zero-order valence-corrected chi connectivity index (χ0v) is 21.4. The molecule has 0 saturated carbocycles. The number of hydrogen-bond acceptors (Lipinski definition) is 8. The third kappa shape index (κ3) is 7.59. The largest absolute Gasteiger partial charge is 0.395 e. The molecule has 0 bridgehead atoms. The fourth-order valence-electron chi connectivity index (χ4n) is 5.09. The second-order valence-electron chi connectivity index (χ2n) is 9.89. The van der Waals surface area contributed by atoms with Gasteiger partial charge in [-0.05, 0) is 49.1 Å². The molecule has 0 unspecified atom stereocenters. The summed E-state index contributed by atoms with van der Waals surface area (Å²) < 4.78 is 12.8. The Morgan fingerprint density at radius 2 is 1.79 bits per heavy atom. The SMILES string of the molecule is O=C(CCCC(=O)Nc1cccc([C@H]2O[C@@H](CN3CCC[C@H]3CO)C[C@@H](c3ccc(CO)cc3)O2)c1)NO. The van der Waals surface area contributed by atoms with E-state index < -0.39 is 12.2 Å². The highest BCUT2D eigenvalue weighted by atomic mass is 16.7. The Kier molecular flexibility index (Phi) is 10.2. The number of likely N-dealkylation sites (tertiary alicyclic amines) is 1. The highest BCUT2D eigenvalue weighted by Gasteiger charge is 2.35. The maximum atomic E-state index is 12.4. The van der Waals surface area contributed by atoms with Crippen molar-refractivity contribution >= 4 is 17.5 Å². The molecule has 2 amide bonds. The molecule has 2 aromatic carbocycles. The molecule has 5 N–H and O–H groups in total. The molecule has 0 aliphatic carbocycles. The van der Waals surface area contributed by atoms with Crippen molar-refractivity contribution in [1.82, 2.24) is 10.4 Å². The molecule has 2 aliphatic heterocycles. The molecule has 38 heavy (non-hydrogen) atoms. The molecule has 10 heteroatoms. The fourth-order valence-corrected chi connectivity index (χ4v) is 5.09. The maximum Gasteiger partial charge on any atom is 0.243 e. The summed E-state index contributed by atoms with van der Waals surface area (Å²) in [6, 6.07) is 15.2. The van der Waals surface area contributed by atoms with E-state index in [1.54, 1.807) is 11.5 Å². The van der Waals surface area contributed by atoms with Gasteiger partial charge in [0.15, 0.2) is 6.29 Å². The van der Waals surface area contributed by atoms with Gasteiger partial charge < -0.3 is 25.0 Å². The summed E-state index contributed by atoms with van der Waals surface area (Å²) in [4.78, 5) is 25.8. The summed E-state index contributed by atoms with van der Waals surface area (Å²) in [5.74, 6) is -0.761. The summed E-state index contributed by atoms with van der Waals surface area (Å²) in [6.45, 7) is 1.72. The minimum atomic E-state index is -0.656. The van der Waals surface area contributed by atoms with Gasteiger partial charge in [-0.2, -0.15) is 0 Å². The van der Waals surface area contributed by atoms with Crippen molar-refractivity contribution in [3.63, 3.8) is 0 Å². The smallest absolute Gasteiger partial charge is 0.243 e. The summed E-state index contributed by atoms with van der Waals surface area (Å²) >= 11 is 0. The molecule has 4 rings (SSSR count). The number of carbonyl (C=O) groups excluding carboxylic acids is 2. The van der Waals surface area contributed by atoms with Crippen LogP contribution in [0.1, 0.15) is 67.6 Å². The van der Waals surface area contributed by atoms with Crippen LogP contribution >= 0.6 is 0 Å². The van der Waals surface area contributed by atoms with Gasteiger partial charge in [-0.25, -0.2) is 5.48 Å². The number of benzene rings is 2. The standard InChI is InChI=1S/C28H37N3O7/c32-17-19-9-11-20(12-10-19)25-15-24(16-31-13-3-6-23(31)18-33)37-28(38-25)21-4-1-5-22(14-21)29-26(34)7-2-8-27(35)30-36/h1,4-5,9-12,14,23-25,28,32-33,36H,2-3,6-8,13,15-18H2,(H,29,34)(H,30,35)/t23-,24+,25-,28-/m0/s1. The second kappa shape index (κ2) is 13.8. The van der Waals surface area contributed by atoms with E-state index in [-0.39, 0.29) is 50.2 Å². The van der Waals surface area contributed by atoms with E-state index in [1.165, 1.54) is 0 Å². The minimum Gasteiger partial charge on any atom is -0.395 e. The lowest BCUT2D eigenvalue weighted by atomic mass is 9.99.